The van der Waals surface area contributed by atoms with E-state index in [1.165, 1.54) is 0 Å². The highest BCUT2D eigenvalue weighted by atomic mass is 35.7. The minimum absolute atomic E-state index is 0.822. The summed E-state index contributed by atoms with van der Waals surface area (Å²) in [5.41, 5.74) is 0. The van der Waals surface area contributed by atoms with Crippen molar-refractivity contribution in [3.05, 3.63) is 30.3 Å². The average Bonchev–Trinajstić information content (AvgIpc) is 1.90. The Morgan fingerprint density at radius 3 is 2.12 bits per heavy atom. The van der Waals surface area contributed by atoms with E-state index in [0.717, 1.165) is 13.2 Å². The summed E-state index contributed by atoms with van der Waals surface area (Å²) < 4.78 is 0. The Bertz CT molecular complexity index is 150. The summed E-state index contributed by atoms with van der Waals surface area (Å²) in [4.78, 5) is 0. The molecule has 2 heteroatoms. The number of hydrogen-bond donors (Lipinski definition) is 0. The van der Waals surface area contributed by atoms with Gasteiger partial charge in [-0.2, -0.15) is 0 Å². The largest absolute Gasteiger partial charge is 0.0844 e. The first-order valence-corrected chi connectivity index (χ1v) is 4.10. The van der Waals surface area contributed by atoms with Gasteiger partial charge in [-0.15, -0.1) is 0 Å². The standard InChI is InChI=1S/C6H5ClP/c7-8-6-4-2-1-3-5-6/h1-5H. The molecular formula is C6H5ClP. The molecule has 41 valence electrons. The van der Waals surface area contributed by atoms with Crippen molar-refractivity contribution in [1.82, 2.24) is 0 Å². The molecule has 0 N–H and O–H groups in total. The van der Waals surface area contributed by atoms with Gasteiger partial charge in [0, 0.05) is 0 Å². The van der Waals surface area contributed by atoms with Gasteiger partial charge in [0.05, 0.1) is 7.93 Å². The van der Waals surface area contributed by atoms with E-state index in [2.05, 4.69) is 0 Å². The Kier molecular flexibility index (Phi) is 2.32. The topological polar surface area (TPSA) is 0 Å². The summed E-state index contributed by atoms with van der Waals surface area (Å²) in [6, 6.07) is 9.92. The van der Waals surface area contributed by atoms with Crippen LogP contribution in [-0.2, 0) is 0 Å². The summed E-state index contributed by atoms with van der Waals surface area (Å²) >= 11 is 5.50. The van der Waals surface area contributed by atoms with Gasteiger partial charge in [0.15, 0.2) is 0 Å². The number of halogens is 1. The van der Waals surface area contributed by atoms with Crippen LogP contribution in [0.2, 0.25) is 0 Å². The summed E-state index contributed by atoms with van der Waals surface area (Å²) in [6.45, 7) is 0. The molecule has 0 aliphatic rings. The minimum Gasteiger partial charge on any atom is -0.0844 e. The molecule has 0 aliphatic heterocycles. The van der Waals surface area contributed by atoms with Gasteiger partial charge in [-0.1, -0.05) is 41.6 Å². The lowest BCUT2D eigenvalue weighted by Gasteiger charge is -1.86. The molecule has 0 fully saturated rings. The zero-order valence-electron chi connectivity index (χ0n) is 4.21. The highest BCUT2D eigenvalue weighted by molar-refractivity contribution is 7.74. The maximum atomic E-state index is 5.50. The highest BCUT2D eigenvalue weighted by Crippen LogP contribution is 2.13. The number of rotatable bonds is 1. The first kappa shape index (κ1) is 6.07. The molecule has 0 atom stereocenters. The van der Waals surface area contributed by atoms with Crippen LogP contribution in [0.25, 0.3) is 0 Å². The Morgan fingerprint density at radius 2 is 1.75 bits per heavy atom. The van der Waals surface area contributed by atoms with Crippen molar-refractivity contribution in [2.45, 2.75) is 0 Å². The third kappa shape index (κ3) is 1.47. The average molecular weight is 144 g/mol. The Hall–Kier alpha value is -0.0600. The van der Waals surface area contributed by atoms with Crippen LogP contribution < -0.4 is 5.30 Å². The fourth-order valence-electron chi connectivity index (χ4n) is 0.484. The molecular weight excluding hydrogens is 138 g/mol. The van der Waals surface area contributed by atoms with Crippen molar-refractivity contribution >= 4 is 24.5 Å². The third-order valence-corrected chi connectivity index (χ3v) is 1.93. The van der Waals surface area contributed by atoms with Crippen molar-refractivity contribution in [2.75, 3.05) is 0 Å². The summed E-state index contributed by atoms with van der Waals surface area (Å²) in [5, 5.41) is 1.15. The molecule has 0 spiro atoms. The van der Waals surface area contributed by atoms with E-state index in [1.54, 1.807) is 0 Å². The van der Waals surface area contributed by atoms with Crippen molar-refractivity contribution in [2.24, 2.45) is 0 Å². The smallest absolute Gasteiger partial charge is 0.0663 e. The van der Waals surface area contributed by atoms with Crippen LogP contribution in [-0.4, -0.2) is 0 Å². The predicted molar refractivity (Wildman–Crippen MR) is 38.8 cm³/mol. The molecule has 1 aromatic rings. The van der Waals surface area contributed by atoms with E-state index < -0.39 is 0 Å². The molecule has 0 heterocycles. The van der Waals surface area contributed by atoms with Crippen LogP contribution in [0.5, 0.6) is 0 Å². The van der Waals surface area contributed by atoms with E-state index in [4.69, 9.17) is 11.2 Å². The van der Waals surface area contributed by atoms with Crippen LogP contribution in [0, 0.1) is 0 Å². The van der Waals surface area contributed by atoms with Crippen LogP contribution in [0.4, 0.5) is 0 Å². The molecule has 0 aliphatic carbocycles. The minimum atomic E-state index is 0.822. The van der Waals surface area contributed by atoms with Gasteiger partial charge in [-0.3, -0.25) is 0 Å². The molecule has 1 radical (unpaired) electrons. The number of hydrogen-bond acceptors (Lipinski definition) is 0. The van der Waals surface area contributed by atoms with Crippen molar-refractivity contribution in [3.8, 4) is 0 Å². The molecule has 1 rings (SSSR count). The van der Waals surface area contributed by atoms with Crippen LogP contribution in [0.3, 0.4) is 0 Å². The quantitative estimate of drug-likeness (QED) is 0.530. The Labute approximate surface area is 55.4 Å². The third-order valence-electron chi connectivity index (χ3n) is 0.854. The monoisotopic (exact) mass is 143 g/mol. The second-order valence-corrected chi connectivity index (χ2v) is 2.61. The van der Waals surface area contributed by atoms with Gasteiger partial charge in [0.1, 0.15) is 0 Å². The molecule has 0 bridgehead atoms. The zero-order valence-corrected chi connectivity index (χ0v) is 5.86. The first-order valence-electron chi connectivity index (χ1n) is 2.30. The van der Waals surface area contributed by atoms with Crippen LogP contribution in [0.1, 0.15) is 0 Å². The zero-order chi connectivity index (χ0) is 5.82. The molecule has 0 saturated carbocycles. The molecule has 0 amide bonds. The van der Waals surface area contributed by atoms with E-state index in [1.807, 2.05) is 30.3 Å². The van der Waals surface area contributed by atoms with Crippen molar-refractivity contribution in [3.63, 3.8) is 0 Å². The fraction of sp³-hybridized carbons (Fsp3) is 0. The lowest BCUT2D eigenvalue weighted by atomic mass is 10.4. The molecule has 0 aromatic heterocycles. The van der Waals surface area contributed by atoms with Crippen LogP contribution in [0.15, 0.2) is 30.3 Å². The second-order valence-electron chi connectivity index (χ2n) is 1.42. The number of benzene rings is 1. The van der Waals surface area contributed by atoms with Gasteiger partial charge in [0.25, 0.3) is 0 Å². The molecule has 0 saturated heterocycles. The van der Waals surface area contributed by atoms with Crippen molar-refractivity contribution in [1.29, 1.82) is 0 Å². The second kappa shape index (κ2) is 3.06. The Morgan fingerprint density at radius 1 is 1.12 bits per heavy atom. The molecule has 0 nitrogen and oxygen atoms in total. The van der Waals surface area contributed by atoms with Gasteiger partial charge in [-0.25, -0.2) is 0 Å². The molecule has 1 aromatic carbocycles. The van der Waals surface area contributed by atoms with Crippen LogP contribution >= 0.6 is 19.2 Å². The lowest BCUT2D eigenvalue weighted by Crippen LogP contribution is -1.85. The maximum absolute atomic E-state index is 5.50. The predicted octanol–water partition coefficient (Wildman–Crippen LogP) is 2.41. The molecule has 0 unspecified atom stereocenters. The Balaban J connectivity index is 2.83. The summed E-state index contributed by atoms with van der Waals surface area (Å²) in [6.07, 6.45) is 0. The van der Waals surface area contributed by atoms with Gasteiger partial charge in [0.2, 0.25) is 0 Å². The van der Waals surface area contributed by atoms with Gasteiger partial charge in [-0.05, 0) is 5.30 Å². The van der Waals surface area contributed by atoms with E-state index >= 15 is 0 Å². The van der Waals surface area contributed by atoms with Gasteiger partial charge >= 0.3 is 0 Å². The van der Waals surface area contributed by atoms with E-state index in [0.29, 0.717) is 0 Å². The van der Waals surface area contributed by atoms with Crippen molar-refractivity contribution < 1.29 is 0 Å². The summed E-state index contributed by atoms with van der Waals surface area (Å²) in [7, 11) is 0.822. The highest BCUT2D eigenvalue weighted by Gasteiger charge is 1.83. The van der Waals surface area contributed by atoms with E-state index in [-0.39, 0.29) is 0 Å². The van der Waals surface area contributed by atoms with Gasteiger partial charge < -0.3 is 0 Å². The summed E-state index contributed by atoms with van der Waals surface area (Å²) in [5.74, 6) is 0. The SMILES string of the molecule is Cl[P]c1ccccc1. The lowest BCUT2D eigenvalue weighted by molar-refractivity contribution is 1.78. The fourth-order valence-corrected chi connectivity index (χ4v) is 1.11. The normalized spacial score (nSPS) is 10.6. The van der Waals surface area contributed by atoms with E-state index in [9.17, 15) is 0 Å². The first-order chi connectivity index (χ1) is 3.93. The molecule has 8 heavy (non-hydrogen) atoms. The maximum Gasteiger partial charge on any atom is 0.0663 e.